The van der Waals surface area contributed by atoms with Gasteiger partial charge in [0.25, 0.3) is 0 Å². The van der Waals surface area contributed by atoms with Crippen LogP contribution in [0.1, 0.15) is 11.5 Å². The first-order valence-electron chi connectivity index (χ1n) is 3.65. The van der Waals surface area contributed by atoms with E-state index in [4.69, 9.17) is 4.42 Å². The highest BCUT2D eigenvalue weighted by atomic mass is 127. The molecule has 0 aliphatic heterocycles. The SMILES string of the molecule is Cc1ccc2oc(C)[nH+]c2c1.[I-]. The van der Waals surface area contributed by atoms with Gasteiger partial charge in [0.05, 0.1) is 6.92 Å². The zero-order chi connectivity index (χ0) is 7.84. The van der Waals surface area contributed by atoms with E-state index in [2.05, 4.69) is 18.0 Å². The third-order valence-corrected chi connectivity index (χ3v) is 1.71. The molecule has 2 rings (SSSR count). The Balaban J connectivity index is 0.000000720. The summed E-state index contributed by atoms with van der Waals surface area (Å²) in [5.74, 6) is 0.852. The van der Waals surface area contributed by atoms with Crippen molar-refractivity contribution < 1.29 is 33.4 Å². The van der Waals surface area contributed by atoms with E-state index in [1.54, 1.807) is 0 Å². The predicted molar refractivity (Wildman–Crippen MR) is 42.2 cm³/mol. The minimum Gasteiger partial charge on any atom is -1.00 e. The van der Waals surface area contributed by atoms with Gasteiger partial charge in [0.1, 0.15) is 0 Å². The van der Waals surface area contributed by atoms with Crippen molar-refractivity contribution >= 4 is 11.1 Å². The Kier molecular flexibility index (Phi) is 2.72. The van der Waals surface area contributed by atoms with Crippen LogP contribution in [0.2, 0.25) is 0 Å². The number of aromatic nitrogens is 1. The van der Waals surface area contributed by atoms with Crippen molar-refractivity contribution in [2.45, 2.75) is 13.8 Å². The van der Waals surface area contributed by atoms with Crippen molar-refractivity contribution in [1.82, 2.24) is 0 Å². The van der Waals surface area contributed by atoms with Gasteiger partial charge in [-0.05, 0) is 18.6 Å². The maximum Gasteiger partial charge on any atom is 0.343 e. The molecule has 0 saturated carbocycles. The molecular formula is C9H10INO. The number of rotatable bonds is 0. The predicted octanol–water partition coefficient (Wildman–Crippen LogP) is -1.13. The first kappa shape index (κ1) is 9.51. The van der Waals surface area contributed by atoms with Gasteiger partial charge in [-0.15, -0.1) is 0 Å². The summed E-state index contributed by atoms with van der Waals surface area (Å²) in [5.41, 5.74) is 3.24. The van der Waals surface area contributed by atoms with Crippen LogP contribution in [0.4, 0.5) is 0 Å². The third-order valence-electron chi connectivity index (χ3n) is 1.71. The summed E-state index contributed by atoms with van der Waals surface area (Å²) in [5, 5.41) is 0. The van der Waals surface area contributed by atoms with Crippen molar-refractivity contribution in [2.75, 3.05) is 0 Å². The highest BCUT2D eigenvalue weighted by Gasteiger charge is 2.06. The number of hydrogen-bond acceptors (Lipinski definition) is 1. The van der Waals surface area contributed by atoms with Crippen LogP contribution in [-0.2, 0) is 0 Å². The largest absolute Gasteiger partial charge is 1.00 e. The standard InChI is InChI=1S/C9H9NO.HI/c1-6-3-4-9-8(5-6)10-7(2)11-9;/h3-5H,1-2H3;1H. The summed E-state index contributed by atoms with van der Waals surface area (Å²) < 4.78 is 5.37. The molecule has 1 heterocycles. The Morgan fingerprint density at radius 1 is 1.25 bits per heavy atom. The number of halogens is 1. The summed E-state index contributed by atoms with van der Waals surface area (Å²) in [4.78, 5) is 3.13. The average molecular weight is 275 g/mol. The van der Waals surface area contributed by atoms with Crippen LogP contribution in [0.25, 0.3) is 11.1 Å². The lowest BCUT2D eigenvalue weighted by molar-refractivity contribution is -0.365. The average Bonchev–Trinajstić information content (AvgIpc) is 2.27. The number of oxazole rings is 1. The molecule has 12 heavy (non-hydrogen) atoms. The summed E-state index contributed by atoms with van der Waals surface area (Å²) >= 11 is 0. The monoisotopic (exact) mass is 275 g/mol. The maximum absolute atomic E-state index is 5.37. The molecule has 0 saturated heterocycles. The minimum atomic E-state index is 0. The normalized spacial score (nSPS) is 9.83. The number of nitrogens with one attached hydrogen (secondary N) is 1. The lowest BCUT2D eigenvalue weighted by Gasteiger charge is -1.84. The van der Waals surface area contributed by atoms with E-state index in [0.717, 1.165) is 17.0 Å². The van der Waals surface area contributed by atoms with Crippen molar-refractivity contribution in [1.29, 1.82) is 0 Å². The van der Waals surface area contributed by atoms with Crippen LogP contribution in [0.15, 0.2) is 22.6 Å². The van der Waals surface area contributed by atoms with Gasteiger partial charge in [0, 0.05) is 6.07 Å². The molecule has 0 amide bonds. The summed E-state index contributed by atoms with van der Waals surface area (Å²) in [7, 11) is 0. The number of hydrogen-bond donors (Lipinski definition) is 0. The molecule has 0 radical (unpaired) electrons. The first-order chi connectivity index (χ1) is 5.25. The van der Waals surface area contributed by atoms with E-state index >= 15 is 0 Å². The van der Waals surface area contributed by atoms with Gasteiger partial charge in [-0.2, -0.15) is 4.98 Å². The van der Waals surface area contributed by atoms with Gasteiger partial charge in [-0.3, -0.25) is 0 Å². The highest BCUT2D eigenvalue weighted by Crippen LogP contribution is 2.12. The fourth-order valence-corrected chi connectivity index (χ4v) is 1.21. The molecule has 0 fully saturated rings. The van der Waals surface area contributed by atoms with Crippen molar-refractivity contribution in [2.24, 2.45) is 0 Å². The Morgan fingerprint density at radius 3 is 2.75 bits per heavy atom. The third kappa shape index (κ3) is 1.60. The van der Waals surface area contributed by atoms with E-state index in [1.165, 1.54) is 5.56 Å². The number of H-pyrrole nitrogens is 1. The quantitative estimate of drug-likeness (QED) is 0.559. The van der Waals surface area contributed by atoms with Crippen molar-refractivity contribution in [3.63, 3.8) is 0 Å². The van der Waals surface area contributed by atoms with Gasteiger partial charge >= 0.3 is 5.89 Å². The van der Waals surface area contributed by atoms with Gasteiger partial charge in [0.2, 0.25) is 11.1 Å². The van der Waals surface area contributed by atoms with Crippen LogP contribution >= 0.6 is 0 Å². The molecule has 2 aromatic rings. The first-order valence-corrected chi connectivity index (χ1v) is 3.65. The molecule has 0 bridgehead atoms. The minimum absolute atomic E-state index is 0. The molecule has 1 aromatic heterocycles. The van der Waals surface area contributed by atoms with Crippen LogP contribution in [0.3, 0.4) is 0 Å². The lowest BCUT2D eigenvalue weighted by atomic mass is 10.2. The maximum atomic E-state index is 5.37. The lowest BCUT2D eigenvalue weighted by Crippen LogP contribution is -3.00. The van der Waals surface area contributed by atoms with Crippen LogP contribution < -0.4 is 29.0 Å². The topological polar surface area (TPSA) is 27.3 Å². The Hall–Kier alpha value is -0.580. The van der Waals surface area contributed by atoms with Gasteiger partial charge < -0.3 is 28.4 Å². The Labute approximate surface area is 88.0 Å². The Morgan fingerprint density at radius 2 is 2.00 bits per heavy atom. The molecule has 3 heteroatoms. The fourth-order valence-electron chi connectivity index (χ4n) is 1.21. The molecule has 64 valence electrons. The van der Waals surface area contributed by atoms with E-state index in [9.17, 15) is 0 Å². The van der Waals surface area contributed by atoms with Gasteiger partial charge in [0.15, 0.2) is 0 Å². The second kappa shape index (κ2) is 3.43. The summed E-state index contributed by atoms with van der Waals surface area (Å²) in [6.45, 7) is 3.98. The van der Waals surface area contributed by atoms with Crippen LogP contribution in [0, 0.1) is 13.8 Å². The molecule has 0 unspecified atom stereocenters. The van der Waals surface area contributed by atoms with Crippen LogP contribution in [-0.4, -0.2) is 0 Å². The number of fused-ring (bicyclic) bond motifs is 1. The Bertz CT molecular complexity index is 394. The molecule has 0 atom stereocenters. The highest BCUT2D eigenvalue weighted by molar-refractivity contribution is 5.69. The van der Waals surface area contributed by atoms with Crippen LogP contribution in [0.5, 0.6) is 0 Å². The number of aryl methyl sites for hydroxylation is 2. The van der Waals surface area contributed by atoms with Gasteiger partial charge in [-0.1, -0.05) is 6.07 Å². The fraction of sp³-hybridized carbons (Fsp3) is 0.222. The molecule has 1 N–H and O–H groups in total. The number of benzene rings is 1. The summed E-state index contributed by atoms with van der Waals surface area (Å²) in [6.07, 6.45) is 0. The second-order valence-electron chi connectivity index (χ2n) is 2.78. The van der Waals surface area contributed by atoms with Crippen molar-refractivity contribution in [3.05, 3.63) is 29.7 Å². The second-order valence-corrected chi connectivity index (χ2v) is 2.78. The summed E-state index contributed by atoms with van der Waals surface area (Å²) in [6, 6.07) is 6.10. The van der Waals surface area contributed by atoms with E-state index < -0.39 is 0 Å². The zero-order valence-corrected chi connectivity index (χ0v) is 9.18. The molecular weight excluding hydrogens is 265 g/mol. The van der Waals surface area contributed by atoms with E-state index in [0.29, 0.717) is 0 Å². The molecule has 0 spiro atoms. The van der Waals surface area contributed by atoms with E-state index in [1.807, 2.05) is 19.1 Å². The van der Waals surface area contributed by atoms with Crippen molar-refractivity contribution in [3.8, 4) is 0 Å². The molecule has 2 nitrogen and oxygen atoms in total. The van der Waals surface area contributed by atoms with Gasteiger partial charge in [-0.25, -0.2) is 0 Å². The zero-order valence-electron chi connectivity index (χ0n) is 7.02. The molecule has 1 aromatic carbocycles. The number of aromatic amines is 1. The van der Waals surface area contributed by atoms with E-state index in [-0.39, 0.29) is 24.0 Å². The molecule has 0 aliphatic rings. The smallest absolute Gasteiger partial charge is 0.343 e. The molecule has 0 aliphatic carbocycles.